The van der Waals surface area contributed by atoms with Gasteiger partial charge in [0.15, 0.2) is 0 Å². The minimum Gasteiger partial charge on any atom is -0.469 e. The minimum absolute atomic E-state index is 0.0273. The second-order valence-electron chi connectivity index (χ2n) is 4.27. The van der Waals surface area contributed by atoms with Gasteiger partial charge in [0.05, 0.1) is 18.6 Å². The number of aromatic nitrogens is 1. The maximum Gasteiger partial charge on any atom is 0.308 e. The molecule has 1 aromatic heterocycles. The zero-order chi connectivity index (χ0) is 13.0. The fourth-order valence-electron chi connectivity index (χ4n) is 2.23. The Bertz CT molecular complexity index is 473. The van der Waals surface area contributed by atoms with Gasteiger partial charge in [-0.2, -0.15) is 5.26 Å². The molecule has 0 unspecified atom stereocenters. The first-order valence-electron chi connectivity index (χ1n) is 5.94. The van der Waals surface area contributed by atoms with Crippen LogP contribution in [0.3, 0.4) is 0 Å². The van der Waals surface area contributed by atoms with Crippen molar-refractivity contribution in [1.82, 2.24) is 4.98 Å². The van der Waals surface area contributed by atoms with Crippen LogP contribution in [0.1, 0.15) is 18.4 Å². The summed E-state index contributed by atoms with van der Waals surface area (Å²) in [4.78, 5) is 17.7. The van der Waals surface area contributed by atoms with Crippen LogP contribution in [0.2, 0.25) is 0 Å². The van der Waals surface area contributed by atoms with E-state index in [1.165, 1.54) is 7.11 Å². The summed E-state index contributed by atoms with van der Waals surface area (Å²) in [5, 5.41) is 9.04. The molecular formula is C13H15N3O2. The molecule has 0 saturated carbocycles. The number of nitrogens with zero attached hydrogens (tertiary/aromatic N) is 3. The molecule has 1 aliphatic heterocycles. The number of hydrogen-bond donors (Lipinski definition) is 0. The molecule has 0 spiro atoms. The first-order chi connectivity index (χ1) is 8.76. The maximum absolute atomic E-state index is 11.4. The van der Waals surface area contributed by atoms with Gasteiger partial charge in [-0.05, 0) is 25.0 Å². The van der Waals surface area contributed by atoms with Crippen LogP contribution < -0.4 is 4.90 Å². The molecule has 2 heterocycles. The Balaban J connectivity index is 2.06. The van der Waals surface area contributed by atoms with Gasteiger partial charge in [-0.3, -0.25) is 4.79 Å². The van der Waals surface area contributed by atoms with E-state index < -0.39 is 0 Å². The monoisotopic (exact) mass is 245 g/mol. The van der Waals surface area contributed by atoms with Crippen molar-refractivity contribution < 1.29 is 9.53 Å². The molecule has 94 valence electrons. The number of rotatable bonds is 2. The topological polar surface area (TPSA) is 66.2 Å². The first kappa shape index (κ1) is 12.4. The Kier molecular flexibility index (Phi) is 3.78. The van der Waals surface area contributed by atoms with E-state index in [2.05, 4.69) is 16.0 Å². The Labute approximate surface area is 106 Å². The molecule has 18 heavy (non-hydrogen) atoms. The molecule has 5 heteroatoms. The minimum atomic E-state index is -0.142. The molecule has 1 saturated heterocycles. The van der Waals surface area contributed by atoms with Crippen LogP contribution in [0.15, 0.2) is 18.3 Å². The summed E-state index contributed by atoms with van der Waals surface area (Å²) in [7, 11) is 1.42. The highest BCUT2D eigenvalue weighted by Gasteiger charge is 2.26. The fourth-order valence-corrected chi connectivity index (χ4v) is 2.23. The van der Waals surface area contributed by atoms with E-state index in [4.69, 9.17) is 10.00 Å². The van der Waals surface area contributed by atoms with Gasteiger partial charge < -0.3 is 9.64 Å². The standard InChI is InChI=1S/C13H15N3O2/c1-18-13(17)10-4-7-16(8-5-10)12-11(9-14)3-2-6-15-12/h2-3,6,10H,4-5,7-8H2,1H3. The lowest BCUT2D eigenvalue weighted by Crippen LogP contribution is -2.37. The van der Waals surface area contributed by atoms with Crippen LogP contribution in [-0.2, 0) is 9.53 Å². The highest BCUT2D eigenvalue weighted by Crippen LogP contribution is 2.24. The molecule has 1 aliphatic rings. The third kappa shape index (κ3) is 2.43. The van der Waals surface area contributed by atoms with E-state index in [-0.39, 0.29) is 11.9 Å². The number of nitriles is 1. The van der Waals surface area contributed by atoms with Crippen LogP contribution in [-0.4, -0.2) is 31.2 Å². The summed E-state index contributed by atoms with van der Waals surface area (Å²) >= 11 is 0. The molecule has 0 radical (unpaired) electrons. The van der Waals surface area contributed by atoms with E-state index in [1.807, 2.05) is 0 Å². The molecule has 0 N–H and O–H groups in total. The zero-order valence-corrected chi connectivity index (χ0v) is 10.3. The van der Waals surface area contributed by atoms with Crippen molar-refractivity contribution >= 4 is 11.8 Å². The van der Waals surface area contributed by atoms with E-state index in [1.54, 1.807) is 18.3 Å². The Morgan fingerprint density at radius 2 is 2.28 bits per heavy atom. The molecular weight excluding hydrogens is 230 g/mol. The van der Waals surface area contributed by atoms with Crippen molar-refractivity contribution in [3.63, 3.8) is 0 Å². The molecule has 2 rings (SSSR count). The van der Waals surface area contributed by atoms with Crippen molar-refractivity contribution in [3.8, 4) is 6.07 Å². The van der Waals surface area contributed by atoms with Crippen LogP contribution in [0, 0.1) is 17.2 Å². The van der Waals surface area contributed by atoms with Crippen LogP contribution in [0.25, 0.3) is 0 Å². The average Bonchev–Trinajstić information content (AvgIpc) is 2.46. The predicted molar refractivity (Wildman–Crippen MR) is 65.9 cm³/mol. The highest BCUT2D eigenvalue weighted by atomic mass is 16.5. The van der Waals surface area contributed by atoms with Crippen molar-refractivity contribution in [2.75, 3.05) is 25.1 Å². The van der Waals surface area contributed by atoms with Crippen LogP contribution in [0.5, 0.6) is 0 Å². The largest absolute Gasteiger partial charge is 0.469 e. The average molecular weight is 245 g/mol. The Morgan fingerprint density at radius 3 is 2.89 bits per heavy atom. The van der Waals surface area contributed by atoms with E-state index in [9.17, 15) is 4.79 Å². The smallest absolute Gasteiger partial charge is 0.308 e. The number of carbonyl (C=O) groups excluding carboxylic acids is 1. The number of piperidine rings is 1. The number of esters is 1. The van der Waals surface area contributed by atoms with Crippen LogP contribution >= 0.6 is 0 Å². The van der Waals surface area contributed by atoms with Gasteiger partial charge in [0, 0.05) is 19.3 Å². The van der Waals surface area contributed by atoms with E-state index >= 15 is 0 Å². The molecule has 0 atom stereocenters. The second-order valence-corrected chi connectivity index (χ2v) is 4.27. The Morgan fingerprint density at radius 1 is 1.56 bits per heavy atom. The fraction of sp³-hybridized carbons (Fsp3) is 0.462. The lowest BCUT2D eigenvalue weighted by atomic mass is 9.97. The summed E-state index contributed by atoms with van der Waals surface area (Å²) < 4.78 is 4.75. The number of anilines is 1. The number of carbonyl (C=O) groups is 1. The van der Waals surface area contributed by atoms with Crippen molar-refractivity contribution in [2.45, 2.75) is 12.8 Å². The number of methoxy groups -OCH3 is 1. The zero-order valence-electron chi connectivity index (χ0n) is 10.3. The summed E-state index contributed by atoms with van der Waals surface area (Å²) in [6.45, 7) is 1.46. The molecule has 0 bridgehead atoms. The number of pyridine rings is 1. The second kappa shape index (κ2) is 5.50. The quantitative estimate of drug-likeness (QED) is 0.736. The highest BCUT2D eigenvalue weighted by molar-refractivity contribution is 5.72. The van der Waals surface area contributed by atoms with Gasteiger partial charge in [0.1, 0.15) is 11.9 Å². The lowest BCUT2D eigenvalue weighted by molar-refractivity contribution is -0.146. The van der Waals surface area contributed by atoms with E-state index in [0.29, 0.717) is 11.4 Å². The third-order valence-corrected chi connectivity index (χ3v) is 3.24. The first-order valence-corrected chi connectivity index (χ1v) is 5.94. The van der Waals surface area contributed by atoms with Crippen LogP contribution in [0.4, 0.5) is 5.82 Å². The predicted octanol–water partition coefficient (Wildman–Crippen LogP) is 1.34. The molecule has 0 amide bonds. The van der Waals surface area contributed by atoms with Gasteiger partial charge in [-0.15, -0.1) is 0 Å². The summed E-state index contributed by atoms with van der Waals surface area (Å²) in [6, 6.07) is 5.65. The molecule has 1 fully saturated rings. The third-order valence-electron chi connectivity index (χ3n) is 3.24. The number of hydrogen-bond acceptors (Lipinski definition) is 5. The molecule has 0 aromatic carbocycles. The van der Waals surface area contributed by atoms with Crippen molar-refractivity contribution in [1.29, 1.82) is 5.26 Å². The lowest BCUT2D eigenvalue weighted by Gasteiger charge is -2.31. The SMILES string of the molecule is COC(=O)C1CCN(c2ncccc2C#N)CC1. The van der Waals surface area contributed by atoms with Gasteiger partial charge in [-0.1, -0.05) is 0 Å². The van der Waals surface area contributed by atoms with Crippen molar-refractivity contribution in [2.24, 2.45) is 5.92 Å². The maximum atomic E-state index is 11.4. The molecule has 5 nitrogen and oxygen atoms in total. The number of ether oxygens (including phenoxy) is 1. The summed E-state index contributed by atoms with van der Waals surface area (Å²) in [6.07, 6.45) is 3.17. The van der Waals surface area contributed by atoms with Gasteiger partial charge in [0.25, 0.3) is 0 Å². The van der Waals surface area contributed by atoms with Gasteiger partial charge in [-0.25, -0.2) is 4.98 Å². The van der Waals surface area contributed by atoms with Crippen molar-refractivity contribution in [3.05, 3.63) is 23.9 Å². The van der Waals surface area contributed by atoms with Gasteiger partial charge in [0.2, 0.25) is 0 Å². The normalized spacial score (nSPS) is 16.1. The molecule has 1 aromatic rings. The summed E-state index contributed by atoms with van der Waals surface area (Å²) in [5.74, 6) is 0.542. The Hall–Kier alpha value is -2.09. The van der Waals surface area contributed by atoms with Gasteiger partial charge >= 0.3 is 5.97 Å². The van der Waals surface area contributed by atoms with E-state index in [0.717, 1.165) is 25.9 Å². The summed E-state index contributed by atoms with van der Waals surface area (Å²) in [5.41, 5.74) is 0.578. The molecule has 0 aliphatic carbocycles.